The van der Waals surface area contributed by atoms with Crippen molar-refractivity contribution in [2.75, 3.05) is 14.1 Å². The van der Waals surface area contributed by atoms with Crippen LogP contribution in [-0.4, -0.2) is 36.1 Å². The molecule has 1 rings (SSSR count). The monoisotopic (exact) mass is 241 g/mol. The Bertz CT molecular complexity index is 391. The summed E-state index contributed by atoms with van der Waals surface area (Å²) in [5.41, 5.74) is 2.05. The van der Waals surface area contributed by atoms with E-state index in [1.807, 2.05) is 25.1 Å². The normalized spacial score (nSPS) is 12.8. The summed E-state index contributed by atoms with van der Waals surface area (Å²) in [6.45, 7) is 1.96. The van der Waals surface area contributed by atoms with Gasteiger partial charge >= 0.3 is 5.97 Å². The fourth-order valence-corrected chi connectivity index (χ4v) is 1.75. The van der Waals surface area contributed by atoms with Crippen LogP contribution in [0.25, 0.3) is 0 Å². The number of nitrogens with zero attached hydrogens (tertiary/aromatic N) is 1. The van der Waals surface area contributed by atoms with Crippen molar-refractivity contribution in [2.45, 2.75) is 19.4 Å². The summed E-state index contributed by atoms with van der Waals surface area (Å²) in [5, 5.41) is 9.73. The Morgan fingerprint density at radius 2 is 2.12 bits per heavy atom. The van der Waals surface area contributed by atoms with Crippen LogP contribution in [-0.2, 0) is 11.2 Å². The predicted octanol–water partition coefficient (Wildman–Crippen LogP) is 2.21. The largest absolute Gasteiger partial charge is 0.480 e. The van der Waals surface area contributed by atoms with Gasteiger partial charge < -0.3 is 5.11 Å². The molecule has 0 aromatic heterocycles. The lowest BCUT2D eigenvalue weighted by atomic mass is 10.0. The van der Waals surface area contributed by atoms with Gasteiger partial charge in [-0.2, -0.15) is 0 Å². The summed E-state index contributed by atoms with van der Waals surface area (Å²) in [5.74, 6) is -0.815. The van der Waals surface area contributed by atoms with Crippen molar-refractivity contribution in [3.63, 3.8) is 0 Å². The van der Waals surface area contributed by atoms with Crippen molar-refractivity contribution in [2.24, 2.45) is 0 Å². The number of carboxylic acids is 1. The number of carboxylic acid groups (broad SMARTS) is 1. The predicted molar refractivity (Wildman–Crippen MR) is 65.0 cm³/mol. The molecule has 1 unspecified atom stereocenters. The van der Waals surface area contributed by atoms with E-state index in [1.54, 1.807) is 19.0 Å². The number of aryl methyl sites for hydroxylation is 1. The summed E-state index contributed by atoms with van der Waals surface area (Å²) >= 11 is 5.90. The van der Waals surface area contributed by atoms with Gasteiger partial charge in [-0.1, -0.05) is 17.7 Å². The Morgan fingerprint density at radius 1 is 1.50 bits per heavy atom. The minimum absolute atomic E-state index is 0.467. The van der Waals surface area contributed by atoms with Crippen LogP contribution in [0.1, 0.15) is 11.1 Å². The summed E-state index contributed by atoms with van der Waals surface area (Å²) in [6.07, 6.45) is 0.467. The van der Waals surface area contributed by atoms with E-state index >= 15 is 0 Å². The molecule has 1 aromatic rings. The molecular formula is C12H16ClNO2. The van der Waals surface area contributed by atoms with Gasteiger partial charge in [-0.15, -0.1) is 0 Å². The first-order valence-electron chi connectivity index (χ1n) is 5.06. The van der Waals surface area contributed by atoms with Gasteiger partial charge in [0.25, 0.3) is 0 Å². The molecule has 1 N–H and O–H groups in total. The maximum atomic E-state index is 11.1. The molecule has 0 spiro atoms. The number of aliphatic carboxylic acids is 1. The van der Waals surface area contributed by atoms with E-state index in [9.17, 15) is 4.79 Å². The fourth-order valence-electron chi connectivity index (χ4n) is 1.56. The SMILES string of the molecule is Cc1ccc(Cl)cc1CC(C(=O)O)N(C)C. The van der Waals surface area contributed by atoms with Crippen LogP contribution in [0, 0.1) is 6.92 Å². The van der Waals surface area contributed by atoms with Gasteiger partial charge in [-0.3, -0.25) is 9.69 Å². The highest BCUT2D eigenvalue weighted by Crippen LogP contribution is 2.18. The molecule has 0 aliphatic carbocycles. The van der Waals surface area contributed by atoms with Gasteiger partial charge in [0.1, 0.15) is 6.04 Å². The Hall–Kier alpha value is -1.06. The summed E-state index contributed by atoms with van der Waals surface area (Å²) in [7, 11) is 3.53. The number of benzene rings is 1. The number of carbonyl (C=O) groups is 1. The molecule has 0 aliphatic rings. The van der Waals surface area contributed by atoms with Crippen molar-refractivity contribution < 1.29 is 9.90 Å². The van der Waals surface area contributed by atoms with Gasteiger partial charge in [0.2, 0.25) is 0 Å². The molecule has 0 aliphatic heterocycles. The zero-order valence-corrected chi connectivity index (χ0v) is 10.5. The molecule has 1 aromatic carbocycles. The van der Waals surface area contributed by atoms with Crippen LogP contribution in [0.15, 0.2) is 18.2 Å². The molecule has 3 nitrogen and oxygen atoms in total. The van der Waals surface area contributed by atoms with Crippen LogP contribution in [0.4, 0.5) is 0 Å². The highest BCUT2D eigenvalue weighted by molar-refractivity contribution is 6.30. The Labute approximate surface area is 101 Å². The molecule has 0 saturated carbocycles. The van der Waals surface area contributed by atoms with E-state index in [4.69, 9.17) is 16.7 Å². The number of rotatable bonds is 4. The van der Waals surface area contributed by atoms with E-state index in [1.165, 1.54) is 0 Å². The van der Waals surface area contributed by atoms with Gasteiger partial charge in [0, 0.05) is 5.02 Å². The summed E-state index contributed by atoms with van der Waals surface area (Å²) in [4.78, 5) is 12.8. The quantitative estimate of drug-likeness (QED) is 0.879. The number of likely N-dealkylation sites (N-methyl/N-ethyl adjacent to an activating group) is 1. The second kappa shape index (κ2) is 5.32. The Balaban J connectivity index is 2.93. The average molecular weight is 242 g/mol. The molecule has 0 fully saturated rings. The molecule has 0 bridgehead atoms. The highest BCUT2D eigenvalue weighted by atomic mass is 35.5. The van der Waals surface area contributed by atoms with Gasteiger partial charge in [0.05, 0.1) is 0 Å². The molecule has 0 saturated heterocycles. The Kier molecular flexibility index (Phi) is 4.33. The zero-order chi connectivity index (χ0) is 12.3. The minimum Gasteiger partial charge on any atom is -0.480 e. The topological polar surface area (TPSA) is 40.5 Å². The molecule has 1 atom stereocenters. The first-order valence-corrected chi connectivity index (χ1v) is 5.44. The maximum absolute atomic E-state index is 11.1. The number of hydrogen-bond donors (Lipinski definition) is 1. The molecule has 0 heterocycles. The molecular weight excluding hydrogens is 226 g/mol. The van der Waals surface area contributed by atoms with Crippen LogP contribution in [0.5, 0.6) is 0 Å². The fraction of sp³-hybridized carbons (Fsp3) is 0.417. The highest BCUT2D eigenvalue weighted by Gasteiger charge is 2.20. The van der Waals surface area contributed by atoms with Crippen LogP contribution in [0.2, 0.25) is 5.02 Å². The van der Waals surface area contributed by atoms with E-state index < -0.39 is 12.0 Å². The van der Waals surface area contributed by atoms with Crippen molar-refractivity contribution in [3.05, 3.63) is 34.3 Å². The van der Waals surface area contributed by atoms with Gasteiger partial charge in [-0.05, 0) is 50.7 Å². The molecule has 16 heavy (non-hydrogen) atoms. The van der Waals surface area contributed by atoms with Crippen LogP contribution >= 0.6 is 11.6 Å². The number of hydrogen-bond acceptors (Lipinski definition) is 2. The third kappa shape index (κ3) is 3.22. The van der Waals surface area contributed by atoms with E-state index in [0.29, 0.717) is 11.4 Å². The first-order chi connectivity index (χ1) is 7.41. The lowest BCUT2D eigenvalue weighted by Crippen LogP contribution is -2.37. The lowest BCUT2D eigenvalue weighted by Gasteiger charge is -2.20. The third-order valence-corrected chi connectivity index (χ3v) is 2.87. The van der Waals surface area contributed by atoms with Gasteiger partial charge in [-0.25, -0.2) is 0 Å². The maximum Gasteiger partial charge on any atom is 0.321 e. The second-order valence-electron chi connectivity index (χ2n) is 4.09. The number of halogens is 1. The van der Waals surface area contributed by atoms with Crippen molar-refractivity contribution in [1.29, 1.82) is 0 Å². The lowest BCUT2D eigenvalue weighted by molar-refractivity contribution is -0.142. The summed E-state index contributed by atoms with van der Waals surface area (Å²) in [6, 6.07) is 5.03. The molecule has 0 radical (unpaired) electrons. The third-order valence-electron chi connectivity index (χ3n) is 2.63. The second-order valence-corrected chi connectivity index (χ2v) is 4.53. The molecule has 0 amide bonds. The smallest absolute Gasteiger partial charge is 0.321 e. The van der Waals surface area contributed by atoms with Crippen molar-refractivity contribution in [1.82, 2.24) is 4.90 Å². The first kappa shape index (κ1) is 13.0. The minimum atomic E-state index is -0.815. The van der Waals surface area contributed by atoms with Crippen molar-refractivity contribution in [3.8, 4) is 0 Å². The van der Waals surface area contributed by atoms with Crippen LogP contribution in [0.3, 0.4) is 0 Å². The van der Waals surface area contributed by atoms with Crippen LogP contribution < -0.4 is 0 Å². The van der Waals surface area contributed by atoms with Gasteiger partial charge in [0.15, 0.2) is 0 Å². The van der Waals surface area contributed by atoms with E-state index in [-0.39, 0.29) is 0 Å². The van der Waals surface area contributed by atoms with E-state index in [2.05, 4.69) is 0 Å². The standard InChI is InChI=1S/C12H16ClNO2/c1-8-4-5-10(13)6-9(8)7-11(12(15)16)14(2)3/h4-6,11H,7H2,1-3H3,(H,15,16). The zero-order valence-electron chi connectivity index (χ0n) is 9.70. The molecule has 4 heteroatoms. The van der Waals surface area contributed by atoms with E-state index in [0.717, 1.165) is 11.1 Å². The summed E-state index contributed by atoms with van der Waals surface area (Å²) < 4.78 is 0. The average Bonchev–Trinajstić information content (AvgIpc) is 2.18. The molecule has 88 valence electrons. The Morgan fingerprint density at radius 3 is 2.62 bits per heavy atom. The van der Waals surface area contributed by atoms with Crippen molar-refractivity contribution >= 4 is 17.6 Å².